The van der Waals surface area contributed by atoms with E-state index in [9.17, 15) is 0 Å². The highest BCUT2D eigenvalue weighted by molar-refractivity contribution is 5.22. The third-order valence-corrected chi connectivity index (χ3v) is 3.55. The van der Waals surface area contributed by atoms with E-state index < -0.39 is 0 Å². The van der Waals surface area contributed by atoms with Crippen molar-refractivity contribution in [2.75, 3.05) is 0 Å². The van der Waals surface area contributed by atoms with Gasteiger partial charge in [0.1, 0.15) is 0 Å². The molecule has 0 amide bonds. The van der Waals surface area contributed by atoms with Gasteiger partial charge in [0.15, 0.2) is 0 Å². The molecule has 1 nitrogen and oxygen atoms in total. The van der Waals surface area contributed by atoms with Crippen molar-refractivity contribution < 1.29 is 0 Å². The fourth-order valence-corrected chi connectivity index (χ4v) is 2.44. The zero-order valence-corrected chi connectivity index (χ0v) is 12.0. The lowest BCUT2D eigenvalue weighted by molar-refractivity contribution is 0.374. The number of benzene rings is 2. The summed E-state index contributed by atoms with van der Waals surface area (Å²) < 4.78 is 0. The standard InChI is InChI=1S/C18H23N/c1-14(2)18(17-12-8-5-9-13-17)19-15(3)16-10-6-4-7-11-16/h4-15,18-19H,1-3H3. The molecule has 2 unspecified atom stereocenters. The van der Waals surface area contributed by atoms with E-state index in [1.807, 2.05) is 0 Å². The molecule has 0 radical (unpaired) electrons. The van der Waals surface area contributed by atoms with Gasteiger partial charge in [-0.1, -0.05) is 74.5 Å². The Kier molecular flexibility index (Phi) is 4.75. The predicted octanol–water partition coefficient (Wildman–Crippen LogP) is 4.73. The van der Waals surface area contributed by atoms with Gasteiger partial charge in [-0.2, -0.15) is 0 Å². The largest absolute Gasteiger partial charge is 0.303 e. The Morgan fingerprint density at radius 1 is 0.684 bits per heavy atom. The van der Waals surface area contributed by atoms with E-state index in [-0.39, 0.29) is 0 Å². The Hall–Kier alpha value is -1.60. The normalized spacial score (nSPS) is 14.3. The zero-order valence-electron chi connectivity index (χ0n) is 12.0. The minimum atomic E-state index is 0.355. The van der Waals surface area contributed by atoms with Crippen molar-refractivity contribution in [1.82, 2.24) is 5.32 Å². The first-order valence-corrected chi connectivity index (χ1v) is 7.04. The van der Waals surface area contributed by atoms with Crippen molar-refractivity contribution in [3.8, 4) is 0 Å². The third kappa shape index (κ3) is 3.68. The second-order valence-electron chi connectivity index (χ2n) is 5.43. The van der Waals surface area contributed by atoms with Crippen molar-refractivity contribution in [1.29, 1.82) is 0 Å². The fraction of sp³-hybridized carbons (Fsp3) is 0.333. The lowest BCUT2D eigenvalue weighted by Gasteiger charge is -2.27. The average molecular weight is 253 g/mol. The molecule has 100 valence electrons. The van der Waals surface area contributed by atoms with Gasteiger partial charge in [0, 0.05) is 12.1 Å². The molecule has 2 aromatic rings. The first kappa shape index (κ1) is 13.8. The molecule has 0 aromatic heterocycles. The van der Waals surface area contributed by atoms with Gasteiger partial charge >= 0.3 is 0 Å². The Morgan fingerprint density at radius 3 is 1.63 bits per heavy atom. The van der Waals surface area contributed by atoms with Crippen molar-refractivity contribution in [2.45, 2.75) is 32.9 Å². The second kappa shape index (κ2) is 6.53. The average Bonchev–Trinajstić information content (AvgIpc) is 2.46. The van der Waals surface area contributed by atoms with Crippen LogP contribution in [-0.4, -0.2) is 0 Å². The molecule has 0 saturated heterocycles. The van der Waals surface area contributed by atoms with Gasteiger partial charge in [0.25, 0.3) is 0 Å². The Morgan fingerprint density at radius 2 is 1.16 bits per heavy atom. The summed E-state index contributed by atoms with van der Waals surface area (Å²) in [6.45, 7) is 6.76. The van der Waals surface area contributed by atoms with Crippen LogP contribution in [0.4, 0.5) is 0 Å². The molecule has 1 heteroatoms. The minimum absolute atomic E-state index is 0.355. The molecular formula is C18H23N. The van der Waals surface area contributed by atoms with E-state index in [4.69, 9.17) is 0 Å². The van der Waals surface area contributed by atoms with Gasteiger partial charge in [0.05, 0.1) is 0 Å². The van der Waals surface area contributed by atoms with E-state index in [1.165, 1.54) is 11.1 Å². The molecule has 2 rings (SSSR count). The van der Waals surface area contributed by atoms with Crippen molar-refractivity contribution in [2.24, 2.45) is 5.92 Å². The Balaban J connectivity index is 2.14. The molecule has 0 aliphatic heterocycles. The summed E-state index contributed by atoms with van der Waals surface area (Å²) in [5.74, 6) is 0.563. The van der Waals surface area contributed by atoms with Crippen molar-refractivity contribution in [3.63, 3.8) is 0 Å². The third-order valence-electron chi connectivity index (χ3n) is 3.55. The van der Waals surface area contributed by atoms with Crippen LogP contribution in [0.3, 0.4) is 0 Å². The van der Waals surface area contributed by atoms with Gasteiger partial charge < -0.3 is 5.32 Å². The van der Waals surface area contributed by atoms with E-state index in [0.717, 1.165) is 0 Å². The van der Waals surface area contributed by atoms with E-state index in [1.54, 1.807) is 0 Å². The highest BCUT2D eigenvalue weighted by Crippen LogP contribution is 2.25. The SMILES string of the molecule is CC(NC(c1ccccc1)C(C)C)c1ccccc1. The van der Waals surface area contributed by atoms with E-state index in [2.05, 4.69) is 86.8 Å². The summed E-state index contributed by atoms with van der Waals surface area (Å²) in [6, 6.07) is 22.1. The van der Waals surface area contributed by atoms with Crippen LogP contribution in [-0.2, 0) is 0 Å². The smallest absolute Gasteiger partial charge is 0.0348 e. The zero-order chi connectivity index (χ0) is 13.7. The first-order valence-electron chi connectivity index (χ1n) is 7.04. The number of nitrogens with one attached hydrogen (secondary N) is 1. The van der Waals surface area contributed by atoms with Crippen LogP contribution in [0.5, 0.6) is 0 Å². The van der Waals surface area contributed by atoms with Gasteiger partial charge in [0.2, 0.25) is 0 Å². The molecule has 0 aliphatic carbocycles. The Labute approximate surface area is 116 Å². The number of hydrogen-bond acceptors (Lipinski definition) is 1. The molecule has 0 heterocycles. The quantitative estimate of drug-likeness (QED) is 0.812. The van der Waals surface area contributed by atoms with Crippen LogP contribution in [0.2, 0.25) is 0 Å². The maximum Gasteiger partial charge on any atom is 0.0348 e. The van der Waals surface area contributed by atoms with Crippen molar-refractivity contribution >= 4 is 0 Å². The highest BCUT2D eigenvalue weighted by atomic mass is 14.9. The van der Waals surface area contributed by atoms with Crippen LogP contribution in [0.1, 0.15) is 44.0 Å². The predicted molar refractivity (Wildman–Crippen MR) is 82.0 cm³/mol. The monoisotopic (exact) mass is 253 g/mol. The molecule has 0 bridgehead atoms. The van der Waals surface area contributed by atoms with Crippen LogP contribution in [0, 0.1) is 5.92 Å². The van der Waals surface area contributed by atoms with E-state index >= 15 is 0 Å². The van der Waals surface area contributed by atoms with Crippen LogP contribution in [0.25, 0.3) is 0 Å². The highest BCUT2D eigenvalue weighted by Gasteiger charge is 2.18. The molecular weight excluding hydrogens is 230 g/mol. The summed E-state index contributed by atoms with van der Waals surface area (Å²) in [5.41, 5.74) is 2.70. The van der Waals surface area contributed by atoms with Gasteiger partial charge in [-0.15, -0.1) is 0 Å². The van der Waals surface area contributed by atoms with Gasteiger partial charge in [-0.05, 0) is 24.0 Å². The maximum absolute atomic E-state index is 3.75. The second-order valence-corrected chi connectivity index (χ2v) is 5.43. The van der Waals surface area contributed by atoms with Gasteiger partial charge in [-0.25, -0.2) is 0 Å². The number of hydrogen-bond donors (Lipinski definition) is 1. The maximum atomic E-state index is 3.75. The lowest BCUT2D eigenvalue weighted by atomic mass is 9.94. The molecule has 0 spiro atoms. The number of rotatable bonds is 5. The fourth-order valence-electron chi connectivity index (χ4n) is 2.44. The van der Waals surface area contributed by atoms with Crippen LogP contribution in [0.15, 0.2) is 60.7 Å². The molecule has 0 aliphatic rings. The summed E-state index contributed by atoms with van der Waals surface area (Å²) in [7, 11) is 0. The molecule has 0 saturated carbocycles. The van der Waals surface area contributed by atoms with Crippen LogP contribution >= 0.6 is 0 Å². The van der Waals surface area contributed by atoms with Crippen LogP contribution < -0.4 is 5.32 Å². The summed E-state index contributed by atoms with van der Waals surface area (Å²) in [6.07, 6.45) is 0. The Bertz CT molecular complexity index is 476. The molecule has 2 atom stereocenters. The minimum Gasteiger partial charge on any atom is -0.303 e. The molecule has 19 heavy (non-hydrogen) atoms. The molecule has 2 aromatic carbocycles. The molecule has 1 N–H and O–H groups in total. The molecule has 0 fully saturated rings. The summed E-state index contributed by atoms with van der Waals surface area (Å²) in [4.78, 5) is 0. The summed E-state index contributed by atoms with van der Waals surface area (Å²) >= 11 is 0. The van der Waals surface area contributed by atoms with E-state index in [0.29, 0.717) is 18.0 Å². The summed E-state index contributed by atoms with van der Waals surface area (Å²) in [5, 5.41) is 3.75. The first-order chi connectivity index (χ1) is 9.18. The van der Waals surface area contributed by atoms with Crippen molar-refractivity contribution in [3.05, 3.63) is 71.8 Å². The topological polar surface area (TPSA) is 12.0 Å². The lowest BCUT2D eigenvalue weighted by Crippen LogP contribution is -2.28. The van der Waals surface area contributed by atoms with Gasteiger partial charge in [-0.3, -0.25) is 0 Å².